The SMILES string of the molecule is Cc1cc(C)c(CS(=O)(=O)c2ccc(N)cc2C)c(C)c1. The van der Waals surface area contributed by atoms with Gasteiger partial charge in [0.25, 0.3) is 0 Å². The minimum absolute atomic E-state index is 0.0235. The Balaban J connectivity index is 2.47. The Kier molecular flexibility index (Phi) is 4.10. The van der Waals surface area contributed by atoms with Crippen molar-refractivity contribution >= 4 is 15.5 Å². The molecule has 2 aromatic rings. The van der Waals surface area contributed by atoms with Crippen molar-refractivity contribution in [2.24, 2.45) is 0 Å². The fraction of sp³-hybridized carbons (Fsp3) is 0.294. The first-order chi connectivity index (χ1) is 9.70. The molecule has 0 amide bonds. The topological polar surface area (TPSA) is 60.2 Å². The van der Waals surface area contributed by atoms with E-state index < -0.39 is 9.84 Å². The zero-order chi connectivity index (χ0) is 15.8. The van der Waals surface area contributed by atoms with Gasteiger partial charge in [0.15, 0.2) is 9.84 Å². The first-order valence-electron chi connectivity index (χ1n) is 6.86. The molecule has 0 spiro atoms. The van der Waals surface area contributed by atoms with Crippen LogP contribution in [0.15, 0.2) is 35.2 Å². The van der Waals surface area contributed by atoms with Crippen molar-refractivity contribution in [1.29, 1.82) is 0 Å². The quantitative estimate of drug-likeness (QED) is 0.883. The lowest BCUT2D eigenvalue weighted by Crippen LogP contribution is -2.09. The summed E-state index contributed by atoms with van der Waals surface area (Å²) >= 11 is 0. The number of sulfone groups is 1. The maximum absolute atomic E-state index is 12.7. The van der Waals surface area contributed by atoms with Crippen LogP contribution in [-0.4, -0.2) is 8.42 Å². The summed E-state index contributed by atoms with van der Waals surface area (Å²) in [5.41, 5.74) is 11.0. The Morgan fingerprint density at radius 2 is 1.48 bits per heavy atom. The first-order valence-corrected chi connectivity index (χ1v) is 8.51. The molecule has 0 unspecified atom stereocenters. The van der Waals surface area contributed by atoms with E-state index in [9.17, 15) is 8.42 Å². The van der Waals surface area contributed by atoms with Gasteiger partial charge in [-0.15, -0.1) is 0 Å². The Bertz CT molecular complexity index is 769. The standard InChI is InChI=1S/C17H21NO2S/c1-11-7-12(2)16(13(3)8-11)10-21(19,20)17-6-5-15(18)9-14(17)4/h5-9H,10,18H2,1-4H3. The number of nitrogens with two attached hydrogens (primary N) is 1. The third-order valence-electron chi connectivity index (χ3n) is 3.71. The van der Waals surface area contributed by atoms with Crippen molar-refractivity contribution in [2.75, 3.05) is 5.73 Å². The van der Waals surface area contributed by atoms with Crippen LogP contribution in [0.3, 0.4) is 0 Å². The van der Waals surface area contributed by atoms with Crippen LogP contribution in [0.5, 0.6) is 0 Å². The molecule has 0 radical (unpaired) electrons. The summed E-state index contributed by atoms with van der Waals surface area (Å²) in [5, 5.41) is 0. The van der Waals surface area contributed by atoms with Gasteiger partial charge in [-0.25, -0.2) is 8.42 Å². The van der Waals surface area contributed by atoms with Crippen molar-refractivity contribution in [3.05, 3.63) is 58.1 Å². The molecule has 0 aliphatic rings. The number of rotatable bonds is 3. The summed E-state index contributed by atoms with van der Waals surface area (Å²) in [6.07, 6.45) is 0. The van der Waals surface area contributed by atoms with Gasteiger partial charge in [-0.1, -0.05) is 17.7 Å². The van der Waals surface area contributed by atoms with Crippen molar-refractivity contribution < 1.29 is 8.42 Å². The summed E-state index contributed by atoms with van der Waals surface area (Å²) < 4.78 is 25.4. The molecule has 0 fully saturated rings. The average Bonchev–Trinajstić information content (AvgIpc) is 2.33. The van der Waals surface area contributed by atoms with E-state index in [1.54, 1.807) is 25.1 Å². The molecule has 0 aliphatic carbocycles. The number of anilines is 1. The molecule has 4 heteroatoms. The summed E-state index contributed by atoms with van der Waals surface area (Å²) in [6, 6.07) is 8.97. The largest absolute Gasteiger partial charge is 0.399 e. The van der Waals surface area contributed by atoms with Crippen LogP contribution < -0.4 is 5.73 Å². The molecule has 21 heavy (non-hydrogen) atoms. The third kappa shape index (κ3) is 3.27. The molecule has 2 aromatic carbocycles. The molecule has 3 nitrogen and oxygen atoms in total. The highest BCUT2D eigenvalue weighted by molar-refractivity contribution is 7.90. The van der Waals surface area contributed by atoms with Crippen molar-refractivity contribution in [3.63, 3.8) is 0 Å². The Morgan fingerprint density at radius 1 is 0.905 bits per heavy atom. The predicted octanol–water partition coefficient (Wildman–Crippen LogP) is 3.48. The highest BCUT2D eigenvalue weighted by Gasteiger charge is 2.20. The van der Waals surface area contributed by atoms with Gasteiger partial charge in [-0.3, -0.25) is 0 Å². The van der Waals surface area contributed by atoms with Gasteiger partial charge in [0.05, 0.1) is 10.6 Å². The van der Waals surface area contributed by atoms with Crippen LogP contribution in [0, 0.1) is 27.7 Å². The van der Waals surface area contributed by atoms with E-state index >= 15 is 0 Å². The Morgan fingerprint density at radius 3 is 2.00 bits per heavy atom. The zero-order valence-electron chi connectivity index (χ0n) is 12.9. The minimum atomic E-state index is -3.37. The summed E-state index contributed by atoms with van der Waals surface area (Å²) in [5.74, 6) is 0.0235. The van der Waals surface area contributed by atoms with Crippen LogP contribution >= 0.6 is 0 Å². The predicted molar refractivity (Wildman–Crippen MR) is 87.1 cm³/mol. The number of hydrogen-bond acceptors (Lipinski definition) is 3. The van der Waals surface area contributed by atoms with Crippen molar-refractivity contribution in [2.45, 2.75) is 38.3 Å². The second-order valence-corrected chi connectivity index (χ2v) is 7.62. The van der Waals surface area contributed by atoms with Gasteiger partial charge in [0.2, 0.25) is 0 Å². The highest BCUT2D eigenvalue weighted by Crippen LogP contribution is 2.25. The lowest BCUT2D eigenvalue weighted by Gasteiger charge is -2.13. The Hall–Kier alpha value is -1.81. The molecule has 0 saturated heterocycles. The van der Waals surface area contributed by atoms with Crippen LogP contribution in [-0.2, 0) is 15.6 Å². The third-order valence-corrected chi connectivity index (χ3v) is 5.51. The van der Waals surface area contributed by atoms with E-state index in [-0.39, 0.29) is 5.75 Å². The van der Waals surface area contributed by atoms with Crippen LogP contribution in [0.2, 0.25) is 0 Å². The van der Waals surface area contributed by atoms with Gasteiger partial charge >= 0.3 is 0 Å². The monoisotopic (exact) mass is 303 g/mol. The highest BCUT2D eigenvalue weighted by atomic mass is 32.2. The van der Waals surface area contributed by atoms with E-state index in [1.807, 2.05) is 32.9 Å². The zero-order valence-corrected chi connectivity index (χ0v) is 13.7. The molecule has 0 heterocycles. The summed E-state index contributed by atoms with van der Waals surface area (Å²) in [7, 11) is -3.37. The normalized spacial score (nSPS) is 11.6. The number of aryl methyl sites for hydroxylation is 4. The van der Waals surface area contributed by atoms with Gasteiger partial charge in [-0.2, -0.15) is 0 Å². The maximum Gasteiger partial charge on any atom is 0.182 e. The molecule has 0 bridgehead atoms. The smallest absolute Gasteiger partial charge is 0.182 e. The molecule has 0 aliphatic heterocycles. The van der Waals surface area contributed by atoms with Gasteiger partial charge < -0.3 is 5.73 Å². The minimum Gasteiger partial charge on any atom is -0.399 e. The molecular formula is C17H21NO2S. The number of nitrogen functional groups attached to an aromatic ring is 1. The molecule has 112 valence electrons. The fourth-order valence-electron chi connectivity index (χ4n) is 2.73. The molecule has 2 rings (SSSR count). The van der Waals surface area contributed by atoms with Crippen LogP contribution in [0.1, 0.15) is 27.8 Å². The average molecular weight is 303 g/mol. The van der Waals surface area contributed by atoms with Gasteiger partial charge in [-0.05, 0) is 68.1 Å². The number of benzene rings is 2. The van der Waals surface area contributed by atoms with Gasteiger partial charge in [0.1, 0.15) is 0 Å². The van der Waals surface area contributed by atoms with E-state index in [1.165, 1.54) is 0 Å². The van der Waals surface area contributed by atoms with E-state index in [4.69, 9.17) is 5.73 Å². The molecule has 0 aromatic heterocycles. The molecule has 0 saturated carbocycles. The van der Waals surface area contributed by atoms with Crippen molar-refractivity contribution in [1.82, 2.24) is 0 Å². The Labute approximate surface area is 126 Å². The summed E-state index contributed by atoms with van der Waals surface area (Å²) in [4.78, 5) is 0.357. The fourth-order valence-corrected chi connectivity index (χ4v) is 4.54. The molecule has 2 N–H and O–H groups in total. The summed E-state index contributed by atoms with van der Waals surface area (Å²) in [6.45, 7) is 7.71. The second-order valence-electron chi connectivity index (χ2n) is 5.66. The van der Waals surface area contributed by atoms with Crippen molar-refractivity contribution in [3.8, 4) is 0 Å². The lowest BCUT2D eigenvalue weighted by molar-refractivity contribution is 0.594. The maximum atomic E-state index is 12.7. The lowest BCUT2D eigenvalue weighted by atomic mass is 10.0. The van der Waals surface area contributed by atoms with E-state index in [0.717, 1.165) is 22.3 Å². The first kappa shape index (κ1) is 15.6. The van der Waals surface area contributed by atoms with E-state index in [0.29, 0.717) is 16.1 Å². The van der Waals surface area contributed by atoms with Crippen LogP contribution in [0.25, 0.3) is 0 Å². The molecular weight excluding hydrogens is 282 g/mol. The van der Waals surface area contributed by atoms with E-state index in [2.05, 4.69) is 0 Å². The molecule has 0 atom stereocenters. The number of hydrogen-bond donors (Lipinski definition) is 1. The van der Waals surface area contributed by atoms with Crippen LogP contribution in [0.4, 0.5) is 5.69 Å². The van der Waals surface area contributed by atoms with Gasteiger partial charge in [0, 0.05) is 5.69 Å². The second kappa shape index (κ2) is 5.53.